The lowest BCUT2D eigenvalue weighted by Gasteiger charge is -2.08. The van der Waals surface area contributed by atoms with Crippen molar-refractivity contribution < 1.29 is 18.0 Å². The highest BCUT2D eigenvalue weighted by Crippen LogP contribution is 2.21. The zero-order valence-electron chi connectivity index (χ0n) is 25.3. The van der Waals surface area contributed by atoms with Crippen LogP contribution in [0.1, 0.15) is 73.5 Å². The van der Waals surface area contributed by atoms with Crippen molar-refractivity contribution in [3.8, 4) is 0 Å². The summed E-state index contributed by atoms with van der Waals surface area (Å²) in [5.74, 6) is -0.218. The number of carbonyl (C=O) groups is 2. The summed E-state index contributed by atoms with van der Waals surface area (Å²) in [5, 5.41) is 16.5. The third kappa shape index (κ3) is 17.1. The van der Waals surface area contributed by atoms with Crippen molar-refractivity contribution in [2.45, 2.75) is 69.0 Å². The van der Waals surface area contributed by atoms with Crippen LogP contribution in [0.5, 0.6) is 0 Å². The quantitative estimate of drug-likeness (QED) is 0.0897. The van der Waals surface area contributed by atoms with E-state index in [1.165, 1.54) is 0 Å². The maximum atomic E-state index is 12.6. The Labute approximate surface area is 266 Å². The lowest BCUT2D eigenvalue weighted by Crippen LogP contribution is -2.28. The number of halogens is 1. The second-order valence-electron chi connectivity index (χ2n) is 10.2. The molecule has 6 N–H and O–H groups in total. The number of nitrogens with one attached hydrogen (secondary N) is 6. The predicted molar refractivity (Wildman–Crippen MR) is 176 cm³/mol. The molecule has 0 saturated carbocycles. The van der Waals surface area contributed by atoms with Crippen LogP contribution in [0, 0.1) is 0 Å². The molecule has 0 aliphatic carbocycles. The molecule has 0 bridgehead atoms. The molecule has 0 spiro atoms. The van der Waals surface area contributed by atoms with Gasteiger partial charge in [0, 0.05) is 35.0 Å². The maximum Gasteiger partial charge on any atom is 0.251 e. The van der Waals surface area contributed by atoms with Gasteiger partial charge in [-0.1, -0.05) is 24.9 Å². The van der Waals surface area contributed by atoms with Gasteiger partial charge < -0.3 is 26.6 Å². The number of unbranched alkanes of at least 4 members (excludes halogenated alkanes) is 3. The first-order valence-electron chi connectivity index (χ1n) is 15.3. The van der Waals surface area contributed by atoms with Crippen LogP contribution < -0.4 is 31.3 Å². The van der Waals surface area contributed by atoms with Gasteiger partial charge in [-0.2, -0.15) is 0 Å². The van der Waals surface area contributed by atoms with Gasteiger partial charge in [0.05, 0.1) is 6.54 Å². The molecule has 2 rings (SSSR count). The van der Waals surface area contributed by atoms with Crippen LogP contribution in [-0.4, -0.2) is 72.6 Å². The summed E-state index contributed by atoms with van der Waals surface area (Å²) in [6.45, 7) is 9.42. The first-order valence-corrected chi connectivity index (χ1v) is 18.0. The zero-order chi connectivity index (χ0) is 31.2. The standard InChI is InChI=1S/C30H49ClN6O4S2/c1-2-32-19-8-20-33-17-6-7-18-34-21-9-22-35-28(38)10-4-3-5-23-37-43(40,41)29-16-15-27(42-29)24-36-30(39)25-11-13-26(31)14-12-25/h11-16,32-34,37H,2-10,17-24H2,1H3,(H,35,38)(H,36,39). The maximum absolute atomic E-state index is 12.6. The highest BCUT2D eigenvalue weighted by Gasteiger charge is 2.16. The molecule has 10 nitrogen and oxygen atoms in total. The fourth-order valence-electron chi connectivity index (χ4n) is 4.13. The molecule has 2 aromatic rings. The van der Waals surface area contributed by atoms with Crippen LogP contribution in [0.4, 0.5) is 0 Å². The summed E-state index contributed by atoms with van der Waals surface area (Å²) in [7, 11) is -3.62. The minimum Gasteiger partial charge on any atom is -0.356 e. The molecule has 13 heteroatoms. The molecule has 0 atom stereocenters. The van der Waals surface area contributed by atoms with Crippen molar-refractivity contribution in [2.24, 2.45) is 0 Å². The van der Waals surface area contributed by atoms with E-state index in [0.717, 1.165) is 87.6 Å². The zero-order valence-corrected chi connectivity index (χ0v) is 27.7. The molecule has 1 aromatic carbocycles. The fourth-order valence-corrected chi connectivity index (χ4v) is 6.67. The lowest BCUT2D eigenvalue weighted by molar-refractivity contribution is -0.121. The molecule has 0 saturated heterocycles. The molecule has 0 fully saturated rings. The number of amides is 2. The van der Waals surface area contributed by atoms with Crippen LogP contribution >= 0.6 is 22.9 Å². The average molecular weight is 657 g/mol. The van der Waals surface area contributed by atoms with E-state index >= 15 is 0 Å². The molecular weight excluding hydrogens is 608 g/mol. The lowest BCUT2D eigenvalue weighted by atomic mass is 10.2. The molecule has 0 unspecified atom stereocenters. The molecule has 0 aliphatic rings. The SMILES string of the molecule is CCNCCCNCCCCNCCCNC(=O)CCCCCNS(=O)(=O)c1ccc(CNC(=O)c2ccc(Cl)cc2)s1. The van der Waals surface area contributed by atoms with Gasteiger partial charge in [-0.15, -0.1) is 11.3 Å². The van der Waals surface area contributed by atoms with Crippen LogP contribution in [0.15, 0.2) is 40.6 Å². The van der Waals surface area contributed by atoms with Crippen molar-refractivity contribution >= 4 is 44.8 Å². The van der Waals surface area contributed by atoms with Crippen LogP contribution in [-0.2, 0) is 21.4 Å². The molecule has 2 amide bonds. The minimum absolute atomic E-state index is 0.0371. The Bertz CT molecular complexity index is 1160. The third-order valence-electron chi connectivity index (χ3n) is 6.57. The van der Waals surface area contributed by atoms with Gasteiger partial charge in [0.15, 0.2) is 0 Å². The second kappa shape index (κ2) is 22.4. The van der Waals surface area contributed by atoms with E-state index in [2.05, 4.69) is 38.2 Å². The molecule has 0 radical (unpaired) electrons. The van der Waals surface area contributed by atoms with E-state index in [1.54, 1.807) is 36.4 Å². The molecule has 242 valence electrons. The fraction of sp³-hybridized carbons (Fsp3) is 0.600. The van der Waals surface area contributed by atoms with E-state index in [0.29, 0.717) is 42.9 Å². The molecule has 0 aliphatic heterocycles. The highest BCUT2D eigenvalue weighted by atomic mass is 35.5. The van der Waals surface area contributed by atoms with Crippen LogP contribution in [0.2, 0.25) is 5.02 Å². The van der Waals surface area contributed by atoms with Crippen LogP contribution in [0.3, 0.4) is 0 Å². The number of sulfonamides is 1. The smallest absolute Gasteiger partial charge is 0.251 e. The van der Waals surface area contributed by atoms with E-state index in [-0.39, 0.29) is 22.6 Å². The van der Waals surface area contributed by atoms with Crippen molar-refractivity contribution in [2.75, 3.05) is 52.4 Å². The number of hydrogen-bond donors (Lipinski definition) is 6. The Kier molecular flexibility index (Phi) is 19.4. The summed E-state index contributed by atoms with van der Waals surface area (Å²) in [5.41, 5.74) is 0.483. The van der Waals surface area contributed by atoms with E-state index in [4.69, 9.17) is 11.6 Å². The van der Waals surface area contributed by atoms with Crippen molar-refractivity contribution in [3.63, 3.8) is 0 Å². The first kappa shape index (κ1) is 37.1. The van der Waals surface area contributed by atoms with Crippen molar-refractivity contribution in [1.29, 1.82) is 0 Å². The van der Waals surface area contributed by atoms with Gasteiger partial charge >= 0.3 is 0 Å². The highest BCUT2D eigenvalue weighted by molar-refractivity contribution is 7.91. The molecule has 1 aromatic heterocycles. The Hall–Kier alpha value is -2.06. The van der Waals surface area contributed by atoms with E-state index in [9.17, 15) is 18.0 Å². The summed E-state index contributed by atoms with van der Waals surface area (Å²) in [4.78, 5) is 25.0. The molecule has 43 heavy (non-hydrogen) atoms. The van der Waals surface area contributed by atoms with Gasteiger partial charge in [-0.25, -0.2) is 13.1 Å². The summed E-state index contributed by atoms with van der Waals surface area (Å²) in [6, 6.07) is 9.80. The van der Waals surface area contributed by atoms with E-state index in [1.807, 2.05) is 0 Å². The number of hydrogen-bond acceptors (Lipinski definition) is 8. The Morgan fingerprint density at radius 3 is 2.05 bits per heavy atom. The Balaban J connectivity index is 1.44. The summed E-state index contributed by atoms with van der Waals surface area (Å²) in [6.07, 6.45) is 6.93. The predicted octanol–water partition coefficient (Wildman–Crippen LogP) is 3.64. The average Bonchev–Trinajstić information content (AvgIpc) is 3.48. The Morgan fingerprint density at radius 1 is 0.721 bits per heavy atom. The number of rotatable bonds is 25. The molecule has 1 heterocycles. The number of benzene rings is 1. The minimum atomic E-state index is -3.62. The van der Waals surface area contributed by atoms with Crippen molar-refractivity contribution in [1.82, 2.24) is 31.3 Å². The van der Waals surface area contributed by atoms with Gasteiger partial charge in [0.2, 0.25) is 15.9 Å². The van der Waals surface area contributed by atoms with Gasteiger partial charge in [0.25, 0.3) is 5.91 Å². The van der Waals surface area contributed by atoms with Gasteiger partial charge in [-0.3, -0.25) is 9.59 Å². The normalized spacial score (nSPS) is 11.5. The van der Waals surface area contributed by atoms with Crippen molar-refractivity contribution in [3.05, 3.63) is 51.9 Å². The summed E-state index contributed by atoms with van der Waals surface area (Å²) >= 11 is 6.97. The second-order valence-corrected chi connectivity index (χ2v) is 13.8. The topological polar surface area (TPSA) is 140 Å². The third-order valence-corrected chi connectivity index (χ3v) is 9.86. The number of thiophene rings is 1. The van der Waals surface area contributed by atoms with Crippen LogP contribution in [0.25, 0.3) is 0 Å². The Morgan fingerprint density at radius 2 is 1.35 bits per heavy atom. The number of carbonyl (C=O) groups excluding carboxylic acids is 2. The molecular formula is C30H49ClN6O4S2. The largest absolute Gasteiger partial charge is 0.356 e. The first-order chi connectivity index (χ1) is 20.8. The monoisotopic (exact) mass is 656 g/mol. The summed E-state index contributed by atoms with van der Waals surface area (Å²) < 4.78 is 28.1. The van der Waals surface area contributed by atoms with E-state index < -0.39 is 10.0 Å². The van der Waals surface area contributed by atoms with Gasteiger partial charge in [0.1, 0.15) is 4.21 Å². The van der Waals surface area contributed by atoms with Gasteiger partial charge in [-0.05, 0) is 114 Å².